The van der Waals surface area contributed by atoms with Crippen molar-refractivity contribution in [3.63, 3.8) is 0 Å². The van der Waals surface area contributed by atoms with Gasteiger partial charge in [-0.2, -0.15) is 0 Å². The van der Waals surface area contributed by atoms with E-state index >= 15 is 0 Å². The van der Waals surface area contributed by atoms with Crippen molar-refractivity contribution < 1.29 is 9.53 Å². The molecule has 0 aromatic carbocycles. The van der Waals surface area contributed by atoms with E-state index in [2.05, 4.69) is 6.58 Å². The Morgan fingerprint density at radius 3 is 2.80 bits per heavy atom. The van der Waals surface area contributed by atoms with Crippen LogP contribution in [0, 0.1) is 0 Å². The van der Waals surface area contributed by atoms with Crippen LogP contribution in [0.5, 0.6) is 0 Å². The fourth-order valence-electron chi connectivity index (χ4n) is 0.546. The third kappa shape index (κ3) is 4.39. The van der Waals surface area contributed by atoms with E-state index in [4.69, 9.17) is 16.3 Å². The van der Waals surface area contributed by atoms with Gasteiger partial charge in [-0.1, -0.05) is 12.7 Å². The predicted molar refractivity (Wildman–Crippen MR) is 41.1 cm³/mol. The second kappa shape index (κ2) is 5.30. The van der Waals surface area contributed by atoms with E-state index in [9.17, 15) is 4.79 Å². The Balaban J connectivity index is 3.59. The highest BCUT2D eigenvalue weighted by molar-refractivity contribution is 6.17. The first kappa shape index (κ1) is 9.50. The Morgan fingerprint density at radius 1 is 1.90 bits per heavy atom. The minimum atomic E-state index is -0.296. The van der Waals surface area contributed by atoms with E-state index < -0.39 is 0 Å². The summed E-state index contributed by atoms with van der Waals surface area (Å²) in [6, 6.07) is 0. The molecule has 0 aliphatic carbocycles. The zero-order chi connectivity index (χ0) is 7.98. The van der Waals surface area contributed by atoms with Gasteiger partial charge < -0.3 is 4.74 Å². The topological polar surface area (TPSA) is 26.3 Å². The second-order valence-corrected chi connectivity index (χ2v) is 2.24. The number of alkyl halides is 1. The number of hydrogen-bond acceptors (Lipinski definition) is 2. The van der Waals surface area contributed by atoms with Crippen molar-refractivity contribution in [3.8, 4) is 0 Å². The van der Waals surface area contributed by atoms with E-state index in [1.54, 1.807) is 6.08 Å². The zero-order valence-electron chi connectivity index (χ0n) is 5.97. The van der Waals surface area contributed by atoms with E-state index in [0.29, 0.717) is 12.3 Å². The first-order valence-electron chi connectivity index (χ1n) is 3.06. The van der Waals surface area contributed by atoms with Crippen molar-refractivity contribution in [2.24, 2.45) is 0 Å². The summed E-state index contributed by atoms with van der Waals surface area (Å²) in [6.07, 6.45) is 1.98. The molecule has 0 aromatic rings. The van der Waals surface area contributed by atoms with Crippen LogP contribution in [0.25, 0.3) is 0 Å². The number of carbonyl (C=O) groups excluding carboxylic acids is 1. The summed E-state index contributed by atoms with van der Waals surface area (Å²) in [7, 11) is 0. The molecule has 0 aliphatic heterocycles. The first-order valence-corrected chi connectivity index (χ1v) is 3.60. The van der Waals surface area contributed by atoms with Gasteiger partial charge in [-0.15, -0.1) is 11.6 Å². The highest BCUT2D eigenvalue weighted by atomic mass is 35.5. The number of ether oxygens (including phenoxy) is 1. The fourth-order valence-corrected chi connectivity index (χ4v) is 0.761. The Kier molecular flexibility index (Phi) is 5.03. The molecule has 0 spiro atoms. The monoisotopic (exact) mass is 162 g/mol. The largest absolute Gasteiger partial charge is 0.458 e. The second-order valence-electron chi connectivity index (χ2n) is 1.86. The van der Waals surface area contributed by atoms with Crippen LogP contribution < -0.4 is 0 Å². The van der Waals surface area contributed by atoms with Crippen LogP contribution in [0.15, 0.2) is 12.7 Å². The smallest absolute Gasteiger partial charge is 0.303 e. The van der Waals surface area contributed by atoms with Gasteiger partial charge in [-0.25, -0.2) is 0 Å². The molecule has 3 heteroatoms. The van der Waals surface area contributed by atoms with Crippen LogP contribution in [-0.4, -0.2) is 18.0 Å². The molecule has 10 heavy (non-hydrogen) atoms. The van der Waals surface area contributed by atoms with E-state index in [0.717, 1.165) is 0 Å². The standard InChI is InChI=1S/C7H11ClO2/c1-3-7(4-5-8)10-6(2)9/h3,7H,1,4-5H2,2H3. The van der Waals surface area contributed by atoms with Crippen molar-refractivity contribution in [2.75, 3.05) is 5.88 Å². The van der Waals surface area contributed by atoms with Gasteiger partial charge in [0.25, 0.3) is 0 Å². The average molecular weight is 163 g/mol. The molecule has 1 unspecified atom stereocenters. The van der Waals surface area contributed by atoms with Crippen LogP contribution in [0.4, 0.5) is 0 Å². The summed E-state index contributed by atoms with van der Waals surface area (Å²) >= 11 is 5.42. The van der Waals surface area contributed by atoms with Crippen LogP contribution in [-0.2, 0) is 9.53 Å². The molecule has 58 valence electrons. The Labute approximate surface area is 65.8 Å². The van der Waals surface area contributed by atoms with Gasteiger partial charge >= 0.3 is 5.97 Å². The minimum Gasteiger partial charge on any atom is -0.458 e. The molecule has 0 fully saturated rings. The average Bonchev–Trinajstić information content (AvgIpc) is 1.86. The number of hydrogen-bond donors (Lipinski definition) is 0. The maximum absolute atomic E-state index is 10.4. The summed E-state index contributed by atoms with van der Waals surface area (Å²) in [5, 5.41) is 0. The molecule has 0 N–H and O–H groups in total. The molecular weight excluding hydrogens is 152 g/mol. The van der Waals surface area contributed by atoms with E-state index in [-0.39, 0.29) is 12.1 Å². The van der Waals surface area contributed by atoms with Gasteiger partial charge in [0.1, 0.15) is 6.10 Å². The first-order chi connectivity index (χ1) is 4.70. The van der Waals surface area contributed by atoms with Gasteiger partial charge in [0, 0.05) is 19.2 Å². The van der Waals surface area contributed by atoms with Crippen molar-refractivity contribution >= 4 is 17.6 Å². The molecule has 0 radical (unpaired) electrons. The lowest BCUT2D eigenvalue weighted by atomic mass is 10.3. The lowest BCUT2D eigenvalue weighted by Gasteiger charge is -2.09. The minimum absolute atomic E-state index is 0.227. The molecule has 0 aliphatic rings. The zero-order valence-corrected chi connectivity index (χ0v) is 6.73. The Bertz CT molecular complexity index is 123. The van der Waals surface area contributed by atoms with Gasteiger partial charge in [0.05, 0.1) is 0 Å². The Hall–Kier alpha value is -0.500. The van der Waals surface area contributed by atoms with Gasteiger partial charge in [0.2, 0.25) is 0 Å². The quantitative estimate of drug-likeness (QED) is 0.358. The summed E-state index contributed by atoms with van der Waals surface area (Å²) < 4.78 is 4.80. The van der Waals surface area contributed by atoms with Crippen LogP contribution in [0.1, 0.15) is 13.3 Å². The van der Waals surface area contributed by atoms with Crippen molar-refractivity contribution in [1.82, 2.24) is 0 Å². The summed E-state index contributed by atoms with van der Waals surface area (Å²) in [6.45, 7) is 4.86. The lowest BCUT2D eigenvalue weighted by molar-refractivity contribution is -0.144. The van der Waals surface area contributed by atoms with Gasteiger partial charge in [-0.05, 0) is 0 Å². The van der Waals surface area contributed by atoms with E-state index in [1.807, 2.05) is 0 Å². The van der Waals surface area contributed by atoms with Crippen LogP contribution in [0.3, 0.4) is 0 Å². The summed E-state index contributed by atoms with van der Waals surface area (Å²) in [5.41, 5.74) is 0. The molecule has 0 bridgehead atoms. The molecule has 0 saturated carbocycles. The fraction of sp³-hybridized carbons (Fsp3) is 0.571. The van der Waals surface area contributed by atoms with Gasteiger partial charge in [-0.3, -0.25) is 4.79 Å². The summed E-state index contributed by atoms with van der Waals surface area (Å²) in [4.78, 5) is 10.4. The lowest BCUT2D eigenvalue weighted by Crippen LogP contribution is -2.13. The number of halogens is 1. The SMILES string of the molecule is C=CC(CCCl)OC(C)=O. The number of carbonyl (C=O) groups is 1. The maximum atomic E-state index is 10.4. The molecule has 0 rings (SSSR count). The van der Waals surface area contributed by atoms with E-state index in [1.165, 1.54) is 6.92 Å². The maximum Gasteiger partial charge on any atom is 0.303 e. The molecule has 0 heterocycles. The van der Waals surface area contributed by atoms with Crippen LogP contribution >= 0.6 is 11.6 Å². The van der Waals surface area contributed by atoms with Crippen molar-refractivity contribution in [1.29, 1.82) is 0 Å². The van der Waals surface area contributed by atoms with Crippen molar-refractivity contribution in [3.05, 3.63) is 12.7 Å². The normalized spacial score (nSPS) is 12.2. The highest BCUT2D eigenvalue weighted by Crippen LogP contribution is 2.01. The molecule has 0 amide bonds. The number of rotatable bonds is 4. The third-order valence-corrected chi connectivity index (χ3v) is 1.19. The van der Waals surface area contributed by atoms with Gasteiger partial charge in [0.15, 0.2) is 0 Å². The number of esters is 1. The van der Waals surface area contributed by atoms with Crippen molar-refractivity contribution in [2.45, 2.75) is 19.4 Å². The molecular formula is C7H11ClO2. The third-order valence-electron chi connectivity index (χ3n) is 0.974. The molecule has 0 saturated heterocycles. The molecule has 0 aromatic heterocycles. The predicted octanol–water partition coefficient (Wildman–Crippen LogP) is 1.73. The molecule has 2 nitrogen and oxygen atoms in total. The Morgan fingerprint density at radius 2 is 2.50 bits per heavy atom. The van der Waals surface area contributed by atoms with Crippen LogP contribution in [0.2, 0.25) is 0 Å². The molecule has 1 atom stereocenters. The summed E-state index contributed by atoms with van der Waals surface area (Å²) in [5.74, 6) is 0.180. The highest BCUT2D eigenvalue weighted by Gasteiger charge is 2.04.